The maximum absolute atomic E-state index is 5.74. The Morgan fingerprint density at radius 3 is 2.70 bits per heavy atom. The predicted molar refractivity (Wildman–Crippen MR) is 43.8 cm³/mol. The molecule has 0 radical (unpaired) electrons. The lowest BCUT2D eigenvalue weighted by molar-refractivity contribution is 1.31. The molecule has 0 aliphatic heterocycles. The van der Waals surface area contributed by atoms with Crippen LogP contribution in [0.1, 0.15) is 0 Å². The molecule has 0 amide bonds. The third-order valence-corrected chi connectivity index (χ3v) is 1.61. The molecule has 10 heavy (non-hydrogen) atoms. The molecule has 54 valence electrons. The van der Waals surface area contributed by atoms with Crippen LogP contribution in [0.4, 0.5) is 5.69 Å². The van der Waals surface area contributed by atoms with Crippen molar-refractivity contribution in [1.29, 1.82) is 0 Å². The fourth-order valence-electron chi connectivity index (χ4n) is 0.591. The molecule has 0 saturated carbocycles. The summed E-state index contributed by atoms with van der Waals surface area (Å²) in [6.45, 7) is 0. The van der Waals surface area contributed by atoms with Gasteiger partial charge in [0.2, 0.25) is 0 Å². The second-order valence-electron chi connectivity index (χ2n) is 1.74. The number of pyridine rings is 1. The Morgan fingerprint density at radius 2 is 2.20 bits per heavy atom. The molecule has 1 aromatic heterocycles. The number of nitrogens with one attached hydrogen (secondary N) is 1. The van der Waals surface area contributed by atoms with Gasteiger partial charge in [0, 0.05) is 7.05 Å². The maximum Gasteiger partial charge on any atom is 0.130 e. The lowest BCUT2D eigenvalue weighted by Crippen LogP contribution is -1.89. The maximum atomic E-state index is 5.74. The predicted octanol–water partition coefficient (Wildman–Crippen LogP) is 2.43. The quantitative estimate of drug-likeness (QED) is 0.666. The van der Waals surface area contributed by atoms with Crippen molar-refractivity contribution >= 4 is 28.9 Å². The van der Waals surface area contributed by atoms with Gasteiger partial charge < -0.3 is 5.32 Å². The van der Waals surface area contributed by atoms with E-state index in [0.717, 1.165) is 5.69 Å². The van der Waals surface area contributed by atoms with Crippen LogP contribution in [0.5, 0.6) is 0 Å². The standard InChI is InChI=1S/C6H6Cl2N2/c1-9-5-3-10-6(8)2-4(5)7/h2-3,9H,1H3. The first-order valence-electron chi connectivity index (χ1n) is 2.73. The minimum absolute atomic E-state index is 0.406. The van der Waals surface area contributed by atoms with Crippen molar-refractivity contribution in [1.82, 2.24) is 4.98 Å². The Labute approximate surface area is 69.2 Å². The molecule has 0 aliphatic rings. The van der Waals surface area contributed by atoms with E-state index in [0.29, 0.717) is 10.2 Å². The van der Waals surface area contributed by atoms with Crippen LogP contribution < -0.4 is 5.32 Å². The normalized spacial score (nSPS) is 9.50. The number of hydrogen-bond donors (Lipinski definition) is 1. The van der Waals surface area contributed by atoms with Crippen molar-refractivity contribution in [3.63, 3.8) is 0 Å². The van der Waals surface area contributed by atoms with Crippen LogP contribution >= 0.6 is 23.2 Å². The van der Waals surface area contributed by atoms with Gasteiger partial charge in [-0.2, -0.15) is 0 Å². The number of halogens is 2. The van der Waals surface area contributed by atoms with Crippen molar-refractivity contribution in [2.24, 2.45) is 0 Å². The van der Waals surface area contributed by atoms with Gasteiger partial charge in [-0.3, -0.25) is 0 Å². The highest BCUT2D eigenvalue weighted by atomic mass is 35.5. The Hall–Kier alpha value is -0.470. The molecule has 2 nitrogen and oxygen atoms in total. The Balaban J connectivity index is 3.07. The molecule has 0 aromatic carbocycles. The van der Waals surface area contributed by atoms with Gasteiger partial charge in [0.15, 0.2) is 0 Å². The van der Waals surface area contributed by atoms with E-state index in [2.05, 4.69) is 10.3 Å². The molecule has 1 rings (SSSR count). The summed E-state index contributed by atoms with van der Waals surface area (Å²) in [7, 11) is 1.77. The van der Waals surface area contributed by atoms with Gasteiger partial charge in [-0.25, -0.2) is 4.98 Å². The SMILES string of the molecule is CNc1cnc(Cl)cc1Cl. The van der Waals surface area contributed by atoms with Crippen LogP contribution in [-0.4, -0.2) is 12.0 Å². The van der Waals surface area contributed by atoms with Gasteiger partial charge in [-0.05, 0) is 6.07 Å². The summed E-state index contributed by atoms with van der Waals surface area (Å²) in [6, 6.07) is 1.59. The molecule has 1 heterocycles. The lowest BCUT2D eigenvalue weighted by atomic mass is 10.4. The molecule has 0 unspecified atom stereocenters. The topological polar surface area (TPSA) is 24.9 Å². The van der Waals surface area contributed by atoms with Gasteiger partial charge in [-0.1, -0.05) is 23.2 Å². The zero-order valence-corrected chi connectivity index (χ0v) is 6.87. The van der Waals surface area contributed by atoms with Crippen molar-refractivity contribution in [3.05, 3.63) is 22.4 Å². The second kappa shape index (κ2) is 3.08. The van der Waals surface area contributed by atoms with E-state index in [1.807, 2.05) is 0 Å². The van der Waals surface area contributed by atoms with Crippen molar-refractivity contribution in [2.45, 2.75) is 0 Å². The first kappa shape index (κ1) is 7.63. The molecular formula is C6H6Cl2N2. The number of hydrogen-bond acceptors (Lipinski definition) is 2. The Bertz CT molecular complexity index is 237. The summed E-state index contributed by atoms with van der Waals surface area (Å²) < 4.78 is 0. The number of rotatable bonds is 1. The van der Waals surface area contributed by atoms with E-state index in [1.54, 1.807) is 19.3 Å². The fraction of sp³-hybridized carbons (Fsp3) is 0.167. The van der Waals surface area contributed by atoms with Gasteiger partial charge in [0.05, 0.1) is 16.9 Å². The van der Waals surface area contributed by atoms with Crippen LogP contribution in [0, 0.1) is 0 Å². The Kier molecular flexibility index (Phi) is 2.35. The first-order chi connectivity index (χ1) is 4.74. The smallest absolute Gasteiger partial charge is 0.130 e. The summed E-state index contributed by atoms with van der Waals surface area (Å²) in [5, 5.41) is 3.86. The second-order valence-corrected chi connectivity index (χ2v) is 2.53. The van der Waals surface area contributed by atoms with Gasteiger partial charge >= 0.3 is 0 Å². The van der Waals surface area contributed by atoms with Crippen LogP contribution in [0.15, 0.2) is 12.3 Å². The van der Waals surface area contributed by atoms with Crippen LogP contribution in [0.25, 0.3) is 0 Å². The zero-order valence-electron chi connectivity index (χ0n) is 5.36. The molecule has 0 atom stereocenters. The largest absolute Gasteiger partial charge is 0.386 e. The van der Waals surface area contributed by atoms with Gasteiger partial charge in [0.1, 0.15) is 5.15 Å². The lowest BCUT2D eigenvalue weighted by Gasteiger charge is -2.00. The molecule has 1 N–H and O–H groups in total. The molecule has 0 bridgehead atoms. The van der Waals surface area contributed by atoms with E-state index in [9.17, 15) is 0 Å². The van der Waals surface area contributed by atoms with Crippen molar-refractivity contribution < 1.29 is 0 Å². The van der Waals surface area contributed by atoms with Crippen LogP contribution in [0.3, 0.4) is 0 Å². The average molecular weight is 177 g/mol. The van der Waals surface area contributed by atoms with E-state index >= 15 is 0 Å². The summed E-state index contributed by atoms with van der Waals surface area (Å²) >= 11 is 11.3. The van der Waals surface area contributed by atoms with E-state index in [1.165, 1.54) is 0 Å². The summed E-state index contributed by atoms with van der Waals surface area (Å²) in [6.07, 6.45) is 1.59. The molecule has 0 aliphatic carbocycles. The van der Waals surface area contributed by atoms with Gasteiger partial charge in [-0.15, -0.1) is 0 Å². The monoisotopic (exact) mass is 176 g/mol. The van der Waals surface area contributed by atoms with Gasteiger partial charge in [0.25, 0.3) is 0 Å². The van der Waals surface area contributed by atoms with Crippen molar-refractivity contribution in [2.75, 3.05) is 12.4 Å². The number of nitrogens with zero attached hydrogens (tertiary/aromatic N) is 1. The third kappa shape index (κ3) is 1.52. The first-order valence-corrected chi connectivity index (χ1v) is 3.48. The fourth-order valence-corrected chi connectivity index (χ4v) is 1.05. The molecule has 0 spiro atoms. The van der Waals surface area contributed by atoms with E-state index < -0.39 is 0 Å². The summed E-state index contributed by atoms with van der Waals surface area (Å²) in [5.41, 5.74) is 0.783. The highest BCUT2D eigenvalue weighted by molar-refractivity contribution is 6.35. The third-order valence-electron chi connectivity index (χ3n) is 1.09. The number of anilines is 1. The minimum atomic E-state index is 0.406. The molecule has 0 fully saturated rings. The number of aromatic nitrogens is 1. The van der Waals surface area contributed by atoms with E-state index in [4.69, 9.17) is 23.2 Å². The summed E-state index contributed by atoms with van der Waals surface area (Å²) in [5.74, 6) is 0. The summed E-state index contributed by atoms with van der Waals surface area (Å²) in [4.78, 5) is 3.83. The van der Waals surface area contributed by atoms with Crippen LogP contribution in [0.2, 0.25) is 10.2 Å². The van der Waals surface area contributed by atoms with Crippen LogP contribution in [-0.2, 0) is 0 Å². The molecular weight excluding hydrogens is 171 g/mol. The highest BCUT2D eigenvalue weighted by Crippen LogP contribution is 2.22. The van der Waals surface area contributed by atoms with E-state index in [-0.39, 0.29) is 0 Å². The van der Waals surface area contributed by atoms with Crippen molar-refractivity contribution in [3.8, 4) is 0 Å². The average Bonchev–Trinajstić information content (AvgIpc) is 1.88. The Morgan fingerprint density at radius 1 is 1.50 bits per heavy atom. The molecule has 1 aromatic rings. The molecule has 4 heteroatoms. The zero-order chi connectivity index (χ0) is 7.56. The minimum Gasteiger partial charge on any atom is -0.386 e. The molecule has 0 saturated heterocycles. The highest BCUT2D eigenvalue weighted by Gasteiger charge is 1.97.